The summed E-state index contributed by atoms with van der Waals surface area (Å²) in [4.78, 5) is 0. The standard InChI is InChI=1S/C13H12N4O2/c1-6-3-4-9(18-6)11-8(5-14)12(15)19-13-10(11)7(2)16-17-13/h3-4,11H,15H2,1-2H3,(H,16,17)/t11-/m0/s1. The molecule has 0 aromatic carbocycles. The number of furan rings is 1. The summed E-state index contributed by atoms with van der Waals surface area (Å²) in [5, 5.41) is 16.2. The predicted molar refractivity (Wildman–Crippen MR) is 66.1 cm³/mol. The Balaban J connectivity index is 2.24. The highest BCUT2D eigenvalue weighted by molar-refractivity contribution is 5.53. The molecule has 1 aliphatic rings. The van der Waals surface area contributed by atoms with Crippen molar-refractivity contribution in [2.75, 3.05) is 0 Å². The molecule has 3 heterocycles. The van der Waals surface area contributed by atoms with Crippen molar-refractivity contribution in [1.82, 2.24) is 10.2 Å². The van der Waals surface area contributed by atoms with Gasteiger partial charge in [0.05, 0.1) is 11.5 Å². The molecule has 1 aliphatic heterocycles. The van der Waals surface area contributed by atoms with Crippen molar-refractivity contribution in [3.8, 4) is 11.9 Å². The van der Waals surface area contributed by atoms with Crippen LogP contribution in [0, 0.1) is 25.2 Å². The Hall–Kier alpha value is -2.68. The average molecular weight is 256 g/mol. The first-order valence-electron chi connectivity index (χ1n) is 5.80. The van der Waals surface area contributed by atoms with Gasteiger partial charge in [-0.05, 0) is 26.0 Å². The number of nitriles is 1. The summed E-state index contributed by atoms with van der Waals surface area (Å²) in [6.45, 7) is 3.72. The first-order chi connectivity index (χ1) is 9.11. The molecule has 0 fully saturated rings. The quantitative estimate of drug-likeness (QED) is 0.810. The fraction of sp³-hybridized carbons (Fsp3) is 0.231. The molecule has 3 rings (SSSR count). The van der Waals surface area contributed by atoms with Gasteiger partial charge < -0.3 is 14.9 Å². The van der Waals surface area contributed by atoms with Gasteiger partial charge in [0.2, 0.25) is 11.8 Å². The van der Waals surface area contributed by atoms with Crippen LogP contribution >= 0.6 is 0 Å². The Morgan fingerprint density at radius 1 is 1.42 bits per heavy atom. The SMILES string of the molecule is Cc1ccc([C@@H]2C(C#N)=C(N)Oc3n[nH]c(C)c32)o1. The number of nitrogens with two attached hydrogens (primary N) is 1. The number of H-pyrrole nitrogens is 1. The molecular weight excluding hydrogens is 244 g/mol. The van der Waals surface area contributed by atoms with Crippen LogP contribution in [0.1, 0.15) is 28.7 Å². The number of hydrogen-bond donors (Lipinski definition) is 2. The topological polar surface area (TPSA) is 101 Å². The zero-order chi connectivity index (χ0) is 13.6. The van der Waals surface area contributed by atoms with Crippen LogP contribution in [0.25, 0.3) is 0 Å². The summed E-state index contributed by atoms with van der Waals surface area (Å²) in [5.41, 5.74) is 7.75. The van der Waals surface area contributed by atoms with Crippen LogP contribution < -0.4 is 10.5 Å². The predicted octanol–water partition coefficient (Wildman–Crippen LogP) is 1.84. The molecule has 2 aromatic rings. The van der Waals surface area contributed by atoms with Gasteiger partial charge in [-0.15, -0.1) is 5.10 Å². The van der Waals surface area contributed by atoms with E-state index in [1.807, 2.05) is 26.0 Å². The van der Waals surface area contributed by atoms with E-state index in [-0.39, 0.29) is 11.8 Å². The van der Waals surface area contributed by atoms with E-state index < -0.39 is 0 Å². The Morgan fingerprint density at radius 3 is 2.84 bits per heavy atom. The number of allylic oxidation sites excluding steroid dienone is 1. The Bertz CT molecular complexity index is 717. The van der Waals surface area contributed by atoms with Gasteiger partial charge in [-0.1, -0.05) is 0 Å². The third-order valence-corrected chi connectivity index (χ3v) is 3.18. The molecule has 6 heteroatoms. The molecule has 3 N–H and O–H groups in total. The highest BCUT2D eigenvalue weighted by Gasteiger charge is 2.35. The second-order valence-corrected chi connectivity index (χ2v) is 4.44. The van der Waals surface area contributed by atoms with Gasteiger partial charge in [0, 0.05) is 5.69 Å². The van der Waals surface area contributed by atoms with Crippen LogP contribution in [0.15, 0.2) is 28.0 Å². The molecule has 0 radical (unpaired) electrons. The van der Waals surface area contributed by atoms with Gasteiger partial charge in [0.15, 0.2) is 0 Å². The first kappa shape index (κ1) is 11.4. The number of nitrogens with zero attached hydrogens (tertiary/aromatic N) is 2. The molecule has 0 bridgehead atoms. The molecule has 0 amide bonds. The van der Waals surface area contributed by atoms with E-state index in [1.54, 1.807) is 0 Å². The number of aromatic amines is 1. The molecule has 1 atom stereocenters. The molecule has 2 aromatic heterocycles. The van der Waals surface area contributed by atoms with Crippen LogP contribution in [-0.4, -0.2) is 10.2 Å². The van der Waals surface area contributed by atoms with Gasteiger partial charge >= 0.3 is 0 Å². The molecule has 0 saturated carbocycles. The van der Waals surface area contributed by atoms with Crippen molar-refractivity contribution in [1.29, 1.82) is 5.26 Å². The van der Waals surface area contributed by atoms with Crippen LogP contribution in [0.4, 0.5) is 0 Å². The number of aromatic nitrogens is 2. The summed E-state index contributed by atoms with van der Waals surface area (Å²) in [6.07, 6.45) is 0. The lowest BCUT2D eigenvalue weighted by Gasteiger charge is -2.21. The van der Waals surface area contributed by atoms with Crippen molar-refractivity contribution >= 4 is 0 Å². The van der Waals surface area contributed by atoms with Crippen LogP contribution in [0.2, 0.25) is 0 Å². The lowest BCUT2D eigenvalue weighted by atomic mass is 9.88. The zero-order valence-corrected chi connectivity index (χ0v) is 10.5. The molecule has 0 spiro atoms. The number of rotatable bonds is 1. The van der Waals surface area contributed by atoms with E-state index in [0.717, 1.165) is 17.0 Å². The lowest BCUT2D eigenvalue weighted by molar-refractivity contribution is 0.369. The smallest absolute Gasteiger partial charge is 0.244 e. The van der Waals surface area contributed by atoms with E-state index in [1.165, 1.54) is 0 Å². The number of aryl methyl sites for hydroxylation is 2. The van der Waals surface area contributed by atoms with Gasteiger partial charge in [0.25, 0.3) is 0 Å². The third-order valence-electron chi connectivity index (χ3n) is 3.18. The van der Waals surface area contributed by atoms with Crippen molar-refractivity contribution in [3.63, 3.8) is 0 Å². The maximum atomic E-state index is 9.31. The summed E-state index contributed by atoms with van der Waals surface area (Å²) in [5.74, 6) is 1.53. The normalized spacial score (nSPS) is 17.8. The monoisotopic (exact) mass is 256 g/mol. The minimum absolute atomic E-state index is 0.0700. The fourth-order valence-electron chi connectivity index (χ4n) is 2.29. The van der Waals surface area contributed by atoms with Crippen LogP contribution in [-0.2, 0) is 0 Å². The number of nitrogens with one attached hydrogen (secondary N) is 1. The van der Waals surface area contributed by atoms with Crippen molar-refractivity contribution in [2.24, 2.45) is 5.73 Å². The first-order valence-corrected chi connectivity index (χ1v) is 5.80. The summed E-state index contributed by atoms with van der Waals surface area (Å²) < 4.78 is 11.0. The van der Waals surface area contributed by atoms with Crippen molar-refractivity contribution < 1.29 is 9.15 Å². The Kier molecular flexibility index (Phi) is 2.35. The summed E-state index contributed by atoms with van der Waals surface area (Å²) in [7, 11) is 0. The number of ether oxygens (including phenoxy) is 1. The minimum Gasteiger partial charge on any atom is -0.465 e. The maximum absolute atomic E-state index is 9.31. The van der Waals surface area contributed by atoms with E-state index in [4.69, 9.17) is 14.9 Å². The van der Waals surface area contributed by atoms with E-state index in [0.29, 0.717) is 17.2 Å². The second kappa shape index (κ2) is 3.92. The highest BCUT2D eigenvalue weighted by Crippen LogP contribution is 2.42. The maximum Gasteiger partial charge on any atom is 0.244 e. The van der Waals surface area contributed by atoms with Crippen LogP contribution in [0.3, 0.4) is 0 Å². The zero-order valence-electron chi connectivity index (χ0n) is 10.5. The van der Waals surface area contributed by atoms with E-state index in [9.17, 15) is 5.26 Å². The largest absolute Gasteiger partial charge is 0.465 e. The van der Waals surface area contributed by atoms with Crippen molar-refractivity contribution in [2.45, 2.75) is 19.8 Å². The molecule has 6 nitrogen and oxygen atoms in total. The number of hydrogen-bond acceptors (Lipinski definition) is 5. The Labute approximate surface area is 109 Å². The summed E-state index contributed by atoms with van der Waals surface area (Å²) in [6, 6.07) is 5.79. The van der Waals surface area contributed by atoms with Gasteiger partial charge in [-0.25, -0.2) is 0 Å². The fourth-order valence-corrected chi connectivity index (χ4v) is 2.29. The summed E-state index contributed by atoms with van der Waals surface area (Å²) >= 11 is 0. The van der Waals surface area contributed by atoms with Gasteiger partial charge in [-0.3, -0.25) is 5.10 Å². The molecular formula is C13H12N4O2. The minimum atomic E-state index is -0.374. The molecule has 0 unspecified atom stereocenters. The molecule has 0 aliphatic carbocycles. The van der Waals surface area contributed by atoms with E-state index in [2.05, 4.69) is 16.3 Å². The van der Waals surface area contributed by atoms with Crippen LogP contribution in [0.5, 0.6) is 5.88 Å². The molecule has 0 saturated heterocycles. The second-order valence-electron chi connectivity index (χ2n) is 4.44. The average Bonchev–Trinajstić information content (AvgIpc) is 2.95. The highest BCUT2D eigenvalue weighted by atomic mass is 16.5. The Morgan fingerprint density at radius 2 is 2.21 bits per heavy atom. The van der Waals surface area contributed by atoms with Gasteiger partial charge in [-0.2, -0.15) is 5.26 Å². The third kappa shape index (κ3) is 1.59. The molecule has 96 valence electrons. The van der Waals surface area contributed by atoms with Gasteiger partial charge in [0.1, 0.15) is 23.2 Å². The van der Waals surface area contributed by atoms with Crippen molar-refractivity contribution in [3.05, 3.63) is 46.4 Å². The number of fused-ring (bicyclic) bond motifs is 1. The lowest BCUT2D eigenvalue weighted by Crippen LogP contribution is -2.20. The van der Waals surface area contributed by atoms with E-state index >= 15 is 0 Å². The molecule has 19 heavy (non-hydrogen) atoms.